The Morgan fingerprint density at radius 1 is 1.28 bits per heavy atom. The molecule has 0 radical (unpaired) electrons. The van der Waals surface area contributed by atoms with Crippen molar-refractivity contribution in [1.82, 2.24) is 0 Å². The third-order valence-corrected chi connectivity index (χ3v) is 3.54. The molecule has 0 saturated carbocycles. The minimum atomic E-state index is 0.516. The van der Waals surface area contributed by atoms with Crippen molar-refractivity contribution in [2.24, 2.45) is 11.7 Å². The number of nitrogens with zero attached hydrogens (tertiary/aromatic N) is 1. The summed E-state index contributed by atoms with van der Waals surface area (Å²) in [7, 11) is 2.15. The van der Waals surface area contributed by atoms with E-state index in [1.54, 1.807) is 0 Å². The van der Waals surface area contributed by atoms with Crippen LogP contribution in [0, 0.1) is 5.92 Å². The van der Waals surface area contributed by atoms with E-state index in [1.807, 2.05) is 12.1 Å². The van der Waals surface area contributed by atoms with Gasteiger partial charge in [-0.1, -0.05) is 25.4 Å². The minimum absolute atomic E-state index is 0.516. The van der Waals surface area contributed by atoms with Gasteiger partial charge in [-0.25, -0.2) is 0 Å². The van der Waals surface area contributed by atoms with Crippen molar-refractivity contribution in [3.05, 3.63) is 28.8 Å². The largest absolute Gasteiger partial charge is 0.372 e. The maximum atomic E-state index is 6.06. The zero-order chi connectivity index (χ0) is 13.7. The summed E-state index contributed by atoms with van der Waals surface area (Å²) in [4.78, 5) is 2.33. The summed E-state index contributed by atoms with van der Waals surface area (Å²) in [5, 5.41) is 0.784. The topological polar surface area (TPSA) is 29.3 Å². The fourth-order valence-electron chi connectivity index (χ4n) is 2.33. The predicted molar refractivity (Wildman–Crippen MR) is 81.5 cm³/mol. The number of halogens is 1. The van der Waals surface area contributed by atoms with Crippen LogP contribution >= 0.6 is 11.6 Å². The number of benzene rings is 1. The van der Waals surface area contributed by atoms with Crippen LogP contribution in [0.5, 0.6) is 0 Å². The van der Waals surface area contributed by atoms with Crippen LogP contribution in [0.3, 0.4) is 0 Å². The highest BCUT2D eigenvalue weighted by Gasteiger charge is 2.14. The summed E-state index contributed by atoms with van der Waals surface area (Å²) in [6.07, 6.45) is 2.05. The van der Waals surface area contributed by atoms with Gasteiger partial charge >= 0.3 is 0 Å². The highest BCUT2D eigenvalue weighted by molar-refractivity contribution is 6.30. The van der Waals surface area contributed by atoms with Gasteiger partial charge in [-0.2, -0.15) is 0 Å². The molecular formula is C15H25ClN2. The van der Waals surface area contributed by atoms with Gasteiger partial charge in [-0.3, -0.25) is 0 Å². The number of anilines is 1. The second-order valence-corrected chi connectivity index (χ2v) is 5.84. The molecule has 1 unspecified atom stereocenters. The van der Waals surface area contributed by atoms with Crippen molar-refractivity contribution in [3.8, 4) is 0 Å². The van der Waals surface area contributed by atoms with E-state index in [2.05, 4.69) is 38.8 Å². The van der Waals surface area contributed by atoms with Gasteiger partial charge in [-0.15, -0.1) is 0 Å². The molecule has 3 heteroatoms. The zero-order valence-corrected chi connectivity index (χ0v) is 12.7. The number of nitrogens with two attached hydrogens (primary N) is 1. The maximum Gasteiger partial charge on any atom is 0.0410 e. The van der Waals surface area contributed by atoms with Crippen LogP contribution in [0.4, 0.5) is 5.69 Å². The Morgan fingerprint density at radius 3 is 2.50 bits per heavy atom. The highest BCUT2D eigenvalue weighted by Crippen LogP contribution is 2.26. The van der Waals surface area contributed by atoms with Crippen LogP contribution in [0.1, 0.15) is 32.8 Å². The van der Waals surface area contributed by atoms with Crippen LogP contribution in [-0.2, 0) is 6.42 Å². The summed E-state index contributed by atoms with van der Waals surface area (Å²) in [6.45, 7) is 7.43. The molecule has 1 atom stereocenters. The first-order valence-corrected chi connectivity index (χ1v) is 7.04. The molecule has 1 rings (SSSR count). The summed E-state index contributed by atoms with van der Waals surface area (Å²) in [6, 6.07) is 6.60. The Hall–Kier alpha value is -0.730. The molecule has 0 aliphatic heterocycles. The molecule has 2 N–H and O–H groups in total. The molecule has 2 nitrogen and oxygen atoms in total. The van der Waals surface area contributed by atoms with Crippen molar-refractivity contribution in [2.75, 3.05) is 18.5 Å². The number of hydrogen-bond donors (Lipinski definition) is 1. The Bertz CT molecular complexity index is 377. The number of rotatable bonds is 6. The van der Waals surface area contributed by atoms with Crippen LogP contribution in [-0.4, -0.2) is 19.6 Å². The Labute approximate surface area is 116 Å². The molecule has 102 valence electrons. The van der Waals surface area contributed by atoms with Gasteiger partial charge in [0.15, 0.2) is 0 Å². The maximum absolute atomic E-state index is 6.06. The summed E-state index contributed by atoms with van der Waals surface area (Å²) < 4.78 is 0. The summed E-state index contributed by atoms with van der Waals surface area (Å²) >= 11 is 6.06. The SMILES string of the molecule is CC(C)CC(C)N(C)c1ccc(Cl)cc1CCN. The van der Waals surface area contributed by atoms with Gasteiger partial charge < -0.3 is 10.6 Å². The lowest BCUT2D eigenvalue weighted by atomic mass is 10.0. The van der Waals surface area contributed by atoms with E-state index in [-0.39, 0.29) is 0 Å². The van der Waals surface area contributed by atoms with Crippen LogP contribution in [0.15, 0.2) is 18.2 Å². The molecular weight excluding hydrogens is 244 g/mol. The molecule has 0 aromatic heterocycles. The van der Waals surface area contributed by atoms with Gasteiger partial charge in [0, 0.05) is 23.8 Å². The van der Waals surface area contributed by atoms with E-state index < -0.39 is 0 Å². The van der Waals surface area contributed by atoms with Gasteiger partial charge in [0.2, 0.25) is 0 Å². The van der Waals surface area contributed by atoms with Crippen molar-refractivity contribution in [2.45, 2.75) is 39.7 Å². The molecule has 0 fully saturated rings. The molecule has 0 aliphatic carbocycles. The molecule has 0 amide bonds. The van der Waals surface area contributed by atoms with E-state index in [0.29, 0.717) is 18.5 Å². The van der Waals surface area contributed by atoms with Crippen molar-refractivity contribution in [1.29, 1.82) is 0 Å². The monoisotopic (exact) mass is 268 g/mol. The van der Waals surface area contributed by atoms with Crippen LogP contribution in [0.2, 0.25) is 5.02 Å². The van der Waals surface area contributed by atoms with E-state index >= 15 is 0 Å². The van der Waals surface area contributed by atoms with Crippen LogP contribution < -0.4 is 10.6 Å². The Morgan fingerprint density at radius 2 is 1.94 bits per heavy atom. The average Bonchev–Trinajstić information content (AvgIpc) is 2.28. The van der Waals surface area contributed by atoms with Crippen molar-refractivity contribution < 1.29 is 0 Å². The van der Waals surface area contributed by atoms with Gasteiger partial charge in [0.1, 0.15) is 0 Å². The number of hydrogen-bond acceptors (Lipinski definition) is 2. The molecule has 1 aromatic rings. The first-order valence-electron chi connectivity index (χ1n) is 6.67. The van der Waals surface area contributed by atoms with Crippen LogP contribution in [0.25, 0.3) is 0 Å². The van der Waals surface area contributed by atoms with Crippen molar-refractivity contribution >= 4 is 17.3 Å². The standard InChI is InChI=1S/C15H25ClN2/c1-11(2)9-12(3)18(4)15-6-5-14(16)10-13(15)7-8-17/h5-6,10-12H,7-9,17H2,1-4H3. The fraction of sp³-hybridized carbons (Fsp3) is 0.600. The zero-order valence-electron chi connectivity index (χ0n) is 11.9. The molecule has 0 aliphatic rings. The molecule has 0 bridgehead atoms. The normalized spacial score (nSPS) is 12.8. The lowest BCUT2D eigenvalue weighted by Crippen LogP contribution is -2.31. The van der Waals surface area contributed by atoms with Gasteiger partial charge in [0.25, 0.3) is 0 Å². The first kappa shape index (κ1) is 15.3. The summed E-state index contributed by atoms with van der Waals surface area (Å²) in [5.41, 5.74) is 8.16. The molecule has 1 aromatic carbocycles. The predicted octanol–water partition coefficient (Wildman–Crippen LogP) is 3.71. The van der Waals surface area contributed by atoms with E-state index in [1.165, 1.54) is 17.7 Å². The lowest BCUT2D eigenvalue weighted by molar-refractivity contribution is 0.503. The summed E-state index contributed by atoms with van der Waals surface area (Å²) in [5.74, 6) is 0.702. The fourth-order valence-corrected chi connectivity index (χ4v) is 2.53. The van der Waals surface area contributed by atoms with Crippen molar-refractivity contribution in [3.63, 3.8) is 0 Å². The molecule has 0 saturated heterocycles. The first-order chi connectivity index (χ1) is 8.45. The average molecular weight is 269 g/mol. The minimum Gasteiger partial charge on any atom is -0.372 e. The van der Waals surface area contributed by atoms with E-state index in [9.17, 15) is 0 Å². The second kappa shape index (κ2) is 7.01. The highest BCUT2D eigenvalue weighted by atomic mass is 35.5. The third kappa shape index (κ3) is 4.18. The Balaban J connectivity index is 2.93. The third-order valence-electron chi connectivity index (χ3n) is 3.31. The smallest absolute Gasteiger partial charge is 0.0410 e. The van der Waals surface area contributed by atoms with E-state index in [4.69, 9.17) is 17.3 Å². The molecule has 18 heavy (non-hydrogen) atoms. The molecule has 0 spiro atoms. The molecule has 0 heterocycles. The quantitative estimate of drug-likeness (QED) is 0.852. The van der Waals surface area contributed by atoms with Gasteiger partial charge in [0.05, 0.1) is 0 Å². The van der Waals surface area contributed by atoms with Gasteiger partial charge in [-0.05, 0) is 56.0 Å². The Kier molecular flexibility index (Phi) is 5.97. The lowest BCUT2D eigenvalue weighted by Gasteiger charge is -2.30. The van der Waals surface area contributed by atoms with E-state index in [0.717, 1.165) is 11.4 Å². The second-order valence-electron chi connectivity index (χ2n) is 5.40.